The van der Waals surface area contributed by atoms with Gasteiger partial charge in [-0.15, -0.1) is 0 Å². The molecule has 116 valence electrons. The second-order valence-electron chi connectivity index (χ2n) is 5.87. The molecule has 7 heteroatoms. The van der Waals surface area contributed by atoms with Gasteiger partial charge in [-0.05, 0) is 32.6 Å². The zero-order valence-corrected chi connectivity index (χ0v) is 12.1. The number of nitrogens with zero attached hydrogens (tertiary/aromatic N) is 2. The number of carboxylic acid groups (broad SMARTS) is 1. The smallest absolute Gasteiger partial charge is 0.319 e. The van der Waals surface area contributed by atoms with Gasteiger partial charge < -0.3 is 14.9 Å². The topological polar surface area (TPSA) is 60.9 Å². The summed E-state index contributed by atoms with van der Waals surface area (Å²) < 4.78 is 24.6. The van der Waals surface area contributed by atoms with Crippen molar-refractivity contribution in [1.82, 2.24) is 9.80 Å². The first-order valence-corrected chi connectivity index (χ1v) is 6.67. The Morgan fingerprint density at radius 2 is 2.05 bits per heavy atom. The van der Waals surface area contributed by atoms with E-state index in [2.05, 4.69) is 0 Å². The summed E-state index contributed by atoms with van der Waals surface area (Å²) in [5.41, 5.74) is -0.930. The molecule has 20 heavy (non-hydrogen) atoms. The number of halogens is 2. The zero-order valence-electron chi connectivity index (χ0n) is 12.1. The van der Waals surface area contributed by atoms with E-state index < -0.39 is 30.4 Å². The minimum absolute atomic E-state index is 0.169. The lowest BCUT2D eigenvalue weighted by Gasteiger charge is -2.40. The minimum atomic E-state index is -2.57. The standard InChI is InChI=1S/C13H22F2N2O3/c1-13(2,11(18)19)9-5-4-6-17(7-9)12(20)16(3)8-10(14)15/h9-10H,4-8H2,1-3H3,(H,18,19). The van der Waals surface area contributed by atoms with E-state index in [4.69, 9.17) is 0 Å². The molecule has 1 aliphatic rings. The average molecular weight is 292 g/mol. The maximum atomic E-state index is 12.3. The van der Waals surface area contributed by atoms with E-state index in [0.29, 0.717) is 19.5 Å². The minimum Gasteiger partial charge on any atom is -0.481 e. The molecule has 0 bridgehead atoms. The van der Waals surface area contributed by atoms with Crippen LogP contribution >= 0.6 is 0 Å². The molecule has 1 heterocycles. The van der Waals surface area contributed by atoms with Crippen LogP contribution < -0.4 is 0 Å². The molecular weight excluding hydrogens is 270 g/mol. The number of aliphatic carboxylic acids is 1. The first kappa shape index (κ1) is 16.7. The summed E-state index contributed by atoms with van der Waals surface area (Å²) in [4.78, 5) is 25.8. The number of hydrogen-bond acceptors (Lipinski definition) is 2. The highest BCUT2D eigenvalue weighted by atomic mass is 19.3. The van der Waals surface area contributed by atoms with E-state index in [1.807, 2.05) is 0 Å². The number of hydrogen-bond donors (Lipinski definition) is 1. The lowest BCUT2D eigenvalue weighted by molar-refractivity contribution is -0.151. The van der Waals surface area contributed by atoms with Gasteiger partial charge in [-0.3, -0.25) is 4.79 Å². The largest absolute Gasteiger partial charge is 0.481 e. The van der Waals surface area contributed by atoms with Gasteiger partial charge in [0.2, 0.25) is 0 Å². The number of carbonyl (C=O) groups is 2. The van der Waals surface area contributed by atoms with Crippen LogP contribution in [0.5, 0.6) is 0 Å². The summed E-state index contributed by atoms with van der Waals surface area (Å²) in [5, 5.41) is 9.23. The molecule has 0 aromatic rings. The van der Waals surface area contributed by atoms with Gasteiger partial charge in [-0.2, -0.15) is 0 Å². The molecule has 1 fully saturated rings. The second kappa shape index (κ2) is 6.37. The first-order chi connectivity index (χ1) is 9.16. The third-order valence-electron chi connectivity index (χ3n) is 4.00. The normalized spacial score (nSPS) is 20.1. The van der Waals surface area contributed by atoms with Crippen LogP contribution in [0.1, 0.15) is 26.7 Å². The fourth-order valence-electron chi connectivity index (χ4n) is 2.44. The predicted molar refractivity (Wildman–Crippen MR) is 69.7 cm³/mol. The van der Waals surface area contributed by atoms with Gasteiger partial charge in [-0.25, -0.2) is 13.6 Å². The van der Waals surface area contributed by atoms with Crippen molar-refractivity contribution in [3.63, 3.8) is 0 Å². The number of rotatable bonds is 4. The van der Waals surface area contributed by atoms with E-state index in [-0.39, 0.29) is 5.92 Å². The van der Waals surface area contributed by atoms with Gasteiger partial charge in [-0.1, -0.05) is 0 Å². The quantitative estimate of drug-likeness (QED) is 0.863. The average Bonchev–Trinajstić information content (AvgIpc) is 2.37. The van der Waals surface area contributed by atoms with E-state index >= 15 is 0 Å². The number of likely N-dealkylation sites (tertiary alicyclic amines) is 1. The molecule has 0 aromatic carbocycles. The number of amides is 2. The van der Waals surface area contributed by atoms with E-state index in [9.17, 15) is 23.5 Å². The lowest BCUT2D eigenvalue weighted by atomic mass is 9.74. The molecule has 2 amide bonds. The predicted octanol–water partition coefficient (Wildman–Crippen LogP) is 2.13. The lowest BCUT2D eigenvalue weighted by Crippen LogP contribution is -2.50. The summed E-state index contributed by atoms with van der Waals surface area (Å²) in [6.07, 6.45) is -1.16. The molecule has 0 aromatic heterocycles. The molecule has 1 rings (SSSR count). The Bertz CT molecular complexity index is 375. The van der Waals surface area contributed by atoms with Gasteiger partial charge in [0, 0.05) is 20.1 Å². The monoisotopic (exact) mass is 292 g/mol. The summed E-state index contributed by atoms with van der Waals surface area (Å²) in [6, 6.07) is -0.462. The molecule has 0 saturated carbocycles. The molecule has 0 radical (unpaired) electrons. The summed E-state index contributed by atoms with van der Waals surface area (Å²) in [6.45, 7) is 3.44. The van der Waals surface area contributed by atoms with Crippen molar-refractivity contribution in [2.24, 2.45) is 11.3 Å². The maximum Gasteiger partial charge on any atom is 0.319 e. The Balaban J connectivity index is 2.70. The Morgan fingerprint density at radius 1 is 1.45 bits per heavy atom. The van der Waals surface area contributed by atoms with Gasteiger partial charge in [0.25, 0.3) is 6.43 Å². The summed E-state index contributed by atoms with van der Waals surface area (Å²) in [7, 11) is 1.33. The van der Waals surface area contributed by atoms with Crippen LogP contribution in [0, 0.1) is 11.3 Å². The van der Waals surface area contributed by atoms with Gasteiger partial charge in [0.05, 0.1) is 12.0 Å². The Hall–Kier alpha value is -1.40. The number of alkyl halides is 2. The number of urea groups is 1. The molecule has 5 nitrogen and oxygen atoms in total. The van der Waals surface area contributed by atoms with Crippen molar-refractivity contribution in [1.29, 1.82) is 0 Å². The molecule has 1 saturated heterocycles. The Kier molecular flexibility index (Phi) is 5.30. The van der Waals surface area contributed by atoms with Crippen LogP contribution in [0.25, 0.3) is 0 Å². The number of carbonyl (C=O) groups excluding carboxylic acids is 1. The van der Waals surface area contributed by atoms with Gasteiger partial charge in [0.1, 0.15) is 0 Å². The van der Waals surface area contributed by atoms with Crippen molar-refractivity contribution in [3.8, 4) is 0 Å². The molecule has 1 atom stereocenters. The van der Waals surface area contributed by atoms with E-state index in [1.165, 1.54) is 11.9 Å². The van der Waals surface area contributed by atoms with Crippen molar-refractivity contribution in [2.75, 3.05) is 26.7 Å². The molecule has 1 N–H and O–H groups in total. The molecular formula is C13H22F2N2O3. The van der Waals surface area contributed by atoms with Crippen LogP contribution in [-0.2, 0) is 4.79 Å². The highest BCUT2D eigenvalue weighted by molar-refractivity contribution is 5.76. The maximum absolute atomic E-state index is 12.3. The Labute approximate surface area is 117 Å². The van der Waals surface area contributed by atoms with Crippen LogP contribution in [0.15, 0.2) is 0 Å². The number of carboxylic acids is 1. The van der Waals surface area contributed by atoms with Crippen molar-refractivity contribution >= 4 is 12.0 Å². The zero-order chi connectivity index (χ0) is 15.5. The summed E-state index contributed by atoms with van der Waals surface area (Å²) >= 11 is 0. The highest BCUT2D eigenvalue weighted by Gasteiger charge is 2.40. The van der Waals surface area contributed by atoms with Crippen LogP contribution in [0.4, 0.5) is 13.6 Å². The van der Waals surface area contributed by atoms with Crippen molar-refractivity contribution < 1.29 is 23.5 Å². The number of piperidine rings is 1. The SMILES string of the molecule is CN(CC(F)F)C(=O)N1CCCC(C(C)(C)C(=O)O)C1. The molecule has 0 spiro atoms. The van der Waals surface area contributed by atoms with Crippen LogP contribution in [0.2, 0.25) is 0 Å². The fraction of sp³-hybridized carbons (Fsp3) is 0.846. The third-order valence-corrected chi connectivity index (χ3v) is 4.00. The second-order valence-corrected chi connectivity index (χ2v) is 5.87. The highest BCUT2D eigenvalue weighted by Crippen LogP contribution is 2.34. The van der Waals surface area contributed by atoms with Gasteiger partial charge >= 0.3 is 12.0 Å². The van der Waals surface area contributed by atoms with Crippen molar-refractivity contribution in [3.05, 3.63) is 0 Å². The first-order valence-electron chi connectivity index (χ1n) is 6.67. The van der Waals surface area contributed by atoms with Gasteiger partial charge in [0.15, 0.2) is 0 Å². The third kappa shape index (κ3) is 3.80. The molecule has 0 aliphatic carbocycles. The van der Waals surface area contributed by atoms with Crippen LogP contribution in [0.3, 0.4) is 0 Å². The van der Waals surface area contributed by atoms with E-state index in [1.54, 1.807) is 13.8 Å². The fourth-order valence-corrected chi connectivity index (χ4v) is 2.44. The Morgan fingerprint density at radius 3 is 2.55 bits per heavy atom. The molecule has 1 aliphatic heterocycles. The summed E-state index contributed by atoms with van der Waals surface area (Å²) in [5.74, 6) is -1.07. The van der Waals surface area contributed by atoms with E-state index in [0.717, 1.165) is 11.3 Å². The van der Waals surface area contributed by atoms with Crippen molar-refractivity contribution in [2.45, 2.75) is 33.1 Å². The van der Waals surface area contributed by atoms with Crippen LogP contribution in [-0.4, -0.2) is 60.0 Å². The molecule has 1 unspecified atom stereocenters.